The van der Waals surface area contributed by atoms with Crippen LogP contribution >= 0.6 is 0 Å². The molecule has 3 nitrogen and oxygen atoms in total. The molecule has 1 unspecified atom stereocenters. The third kappa shape index (κ3) is 4.26. The molecule has 0 amide bonds. The van der Waals surface area contributed by atoms with E-state index in [4.69, 9.17) is 10.5 Å². The molecule has 23 heavy (non-hydrogen) atoms. The van der Waals surface area contributed by atoms with Crippen molar-refractivity contribution in [3.63, 3.8) is 0 Å². The summed E-state index contributed by atoms with van der Waals surface area (Å²) in [4.78, 5) is 0. The van der Waals surface area contributed by atoms with Crippen molar-refractivity contribution in [1.29, 1.82) is 0 Å². The lowest BCUT2D eigenvalue weighted by Gasteiger charge is -2.22. The van der Waals surface area contributed by atoms with Crippen LogP contribution in [0.3, 0.4) is 0 Å². The Hall–Kier alpha value is -2.00. The molecule has 0 saturated heterocycles. The normalized spacial score (nSPS) is 16.9. The zero-order chi connectivity index (χ0) is 16.1. The van der Waals surface area contributed by atoms with Crippen molar-refractivity contribution >= 4 is 5.69 Å². The Bertz CT molecular complexity index is 601. The van der Waals surface area contributed by atoms with Crippen molar-refractivity contribution in [3.8, 4) is 5.75 Å². The fourth-order valence-corrected chi connectivity index (χ4v) is 3.26. The first-order valence-corrected chi connectivity index (χ1v) is 8.48. The van der Waals surface area contributed by atoms with Crippen LogP contribution in [-0.2, 0) is 0 Å². The minimum atomic E-state index is -0.618. The first-order chi connectivity index (χ1) is 11.2. The van der Waals surface area contributed by atoms with Crippen LogP contribution in [0.5, 0.6) is 5.75 Å². The highest BCUT2D eigenvalue weighted by Crippen LogP contribution is 2.33. The first-order valence-electron chi connectivity index (χ1n) is 8.48. The molecular weight excluding hydrogens is 286 g/mol. The monoisotopic (exact) mass is 311 g/mol. The molecule has 1 aliphatic rings. The summed E-state index contributed by atoms with van der Waals surface area (Å²) in [5, 5.41) is 10.3. The van der Waals surface area contributed by atoms with Crippen LogP contribution in [0.2, 0.25) is 0 Å². The minimum absolute atomic E-state index is 0.243. The van der Waals surface area contributed by atoms with E-state index >= 15 is 0 Å². The fourth-order valence-electron chi connectivity index (χ4n) is 3.26. The van der Waals surface area contributed by atoms with Gasteiger partial charge in [-0.1, -0.05) is 43.5 Å². The van der Waals surface area contributed by atoms with Crippen molar-refractivity contribution in [2.24, 2.45) is 0 Å². The zero-order valence-corrected chi connectivity index (χ0v) is 13.4. The van der Waals surface area contributed by atoms with E-state index in [0.29, 0.717) is 11.6 Å². The second-order valence-electron chi connectivity index (χ2n) is 6.40. The molecule has 0 heterocycles. The van der Waals surface area contributed by atoms with E-state index in [1.165, 1.54) is 37.7 Å². The smallest absolute Gasteiger partial charge is 0.119 e. The zero-order valence-electron chi connectivity index (χ0n) is 13.4. The lowest BCUT2D eigenvalue weighted by atomic mass is 9.84. The summed E-state index contributed by atoms with van der Waals surface area (Å²) in [7, 11) is 0. The Labute approximate surface area is 138 Å². The van der Waals surface area contributed by atoms with Gasteiger partial charge in [0.05, 0.1) is 0 Å². The van der Waals surface area contributed by atoms with Crippen LogP contribution < -0.4 is 10.5 Å². The van der Waals surface area contributed by atoms with Gasteiger partial charge in [0.1, 0.15) is 18.5 Å². The number of aliphatic hydroxyl groups excluding tert-OH is 1. The largest absolute Gasteiger partial charge is 0.491 e. The first kappa shape index (κ1) is 15.9. The van der Waals surface area contributed by atoms with Crippen molar-refractivity contribution in [2.45, 2.75) is 44.1 Å². The molecule has 3 rings (SSSR count). The maximum Gasteiger partial charge on any atom is 0.119 e. The predicted molar refractivity (Wildman–Crippen MR) is 93.6 cm³/mol. The van der Waals surface area contributed by atoms with Gasteiger partial charge in [-0.15, -0.1) is 0 Å². The number of anilines is 1. The molecule has 0 aliphatic heterocycles. The molecule has 2 aromatic carbocycles. The molecule has 0 spiro atoms. The standard InChI is InChI=1S/C20H25NO2/c21-18-10-12-19(13-11-18)23-14-20(22)17-8-6-16(7-9-17)15-4-2-1-3-5-15/h6-13,15,20,22H,1-5,14,21H2. The Morgan fingerprint density at radius 1 is 0.957 bits per heavy atom. The van der Waals surface area contributed by atoms with Crippen molar-refractivity contribution in [1.82, 2.24) is 0 Å². The second-order valence-corrected chi connectivity index (χ2v) is 6.40. The van der Waals surface area contributed by atoms with Gasteiger partial charge in [-0.2, -0.15) is 0 Å². The van der Waals surface area contributed by atoms with Crippen LogP contribution in [0.1, 0.15) is 55.3 Å². The Balaban J connectivity index is 1.56. The number of hydrogen-bond acceptors (Lipinski definition) is 3. The summed E-state index contributed by atoms with van der Waals surface area (Å²) >= 11 is 0. The topological polar surface area (TPSA) is 55.5 Å². The second kappa shape index (κ2) is 7.51. The Kier molecular flexibility index (Phi) is 5.19. The van der Waals surface area contributed by atoms with Crippen LogP contribution in [0, 0.1) is 0 Å². The highest BCUT2D eigenvalue weighted by molar-refractivity contribution is 5.41. The third-order valence-corrected chi connectivity index (χ3v) is 4.69. The van der Waals surface area contributed by atoms with Crippen molar-refractivity contribution < 1.29 is 9.84 Å². The van der Waals surface area contributed by atoms with Gasteiger partial charge < -0.3 is 15.6 Å². The van der Waals surface area contributed by atoms with Crippen molar-refractivity contribution in [3.05, 3.63) is 59.7 Å². The molecule has 1 fully saturated rings. The molecule has 0 radical (unpaired) electrons. The summed E-state index contributed by atoms with van der Waals surface area (Å²) in [5.74, 6) is 1.41. The maximum absolute atomic E-state index is 10.3. The van der Waals surface area contributed by atoms with Crippen LogP contribution in [-0.4, -0.2) is 11.7 Å². The van der Waals surface area contributed by atoms with Gasteiger partial charge >= 0.3 is 0 Å². The minimum Gasteiger partial charge on any atom is -0.491 e. The summed E-state index contributed by atoms with van der Waals surface area (Å²) in [6.07, 6.45) is 6.02. The van der Waals surface area contributed by atoms with E-state index in [0.717, 1.165) is 11.3 Å². The van der Waals surface area contributed by atoms with Gasteiger partial charge in [-0.25, -0.2) is 0 Å². The molecule has 122 valence electrons. The highest BCUT2D eigenvalue weighted by atomic mass is 16.5. The predicted octanol–water partition coefficient (Wildman–Crippen LogP) is 4.43. The lowest BCUT2D eigenvalue weighted by molar-refractivity contribution is 0.108. The maximum atomic E-state index is 10.3. The average molecular weight is 311 g/mol. The number of benzene rings is 2. The Morgan fingerprint density at radius 2 is 1.61 bits per heavy atom. The number of ether oxygens (including phenoxy) is 1. The molecule has 1 aliphatic carbocycles. The van der Waals surface area contributed by atoms with Crippen LogP contribution in [0.4, 0.5) is 5.69 Å². The fraction of sp³-hybridized carbons (Fsp3) is 0.400. The van der Waals surface area contributed by atoms with Gasteiger partial charge in [-0.05, 0) is 54.2 Å². The van der Waals surface area contributed by atoms with E-state index in [1.54, 1.807) is 12.1 Å². The molecule has 1 saturated carbocycles. The van der Waals surface area contributed by atoms with Gasteiger partial charge in [0.15, 0.2) is 0 Å². The molecule has 3 heteroatoms. The molecule has 0 aromatic heterocycles. The number of hydrogen-bond donors (Lipinski definition) is 2. The molecule has 0 bridgehead atoms. The average Bonchev–Trinajstić information content (AvgIpc) is 2.62. The summed E-state index contributed by atoms with van der Waals surface area (Å²) in [6, 6.07) is 15.6. The third-order valence-electron chi connectivity index (χ3n) is 4.69. The quantitative estimate of drug-likeness (QED) is 0.803. The Morgan fingerprint density at radius 3 is 2.26 bits per heavy atom. The SMILES string of the molecule is Nc1ccc(OCC(O)c2ccc(C3CCCCC3)cc2)cc1. The molecular formula is C20H25NO2. The summed E-state index contributed by atoms with van der Waals surface area (Å²) < 4.78 is 5.62. The highest BCUT2D eigenvalue weighted by Gasteiger charge is 2.16. The molecule has 3 N–H and O–H groups in total. The van der Waals surface area contributed by atoms with E-state index in [9.17, 15) is 5.11 Å². The van der Waals surface area contributed by atoms with E-state index in [2.05, 4.69) is 12.1 Å². The number of aliphatic hydroxyl groups is 1. The number of rotatable bonds is 5. The van der Waals surface area contributed by atoms with Crippen LogP contribution in [0.25, 0.3) is 0 Å². The lowest BCUT2D eigenvalue weighted by Crippen LogP contribution is -2.10. The van der Waals surface area contributed by atoms with Crippen LogP contribution in [0.15, 0.2) is 48.5 Å². The van der Waals surface area contributed by atoms with Gasteiger partial charge in [0.25, 0.3) is 0 Å². The van der Waals surface area contributed by atoms with E-state index in [-0.39, 0.29) is 6.61 Å². The number of nitrogen functional groups attached to an aromatic ring is 1. The summed E-state index contributed by atoms with van der Waals surface area (Å²) in [6.45, 7) is 0.243. The van der Waals surface area contributed by atoms with E-state index in [1.807, 2.05) is 24.3 Å². The van der Waals surface area contributed by atoms with Gasteiger partial charge in [0.2, 0.25) is 0 Å². The summed E-state index contributed by atoms with van der Waals surface area (Å²) in [5.41, 5.74) is 8.65. The molecule has 2 aromatic rings. The van der Waals surface area contributed by atoms with Crippen molar-refractivity contribution in [2.75, 3.05) is 12.3 Å². The molecule has 1 atom stereocenters. The van der Waals surface area contributed by atoms with Gasteiger partial charge in [0, 0.05) is 5.69 Å². The van der Waals surface area contributed by atoms with E-state index < -0.39 is 6.10 Å². The van der Waals surface area contributed by atoms with Gasteiger partial charge in [-0.3, -0.25) is 0 Å². The number of nitrogens with two attached hydrogens (primary N) is 1.